The van der Waals surface area contributed by atoms with Gasteiger partial charge in [-0.2, -0.15) is 0 Å². The number of nitrogens with one attached hydrogen (secondary N) is 2. The summed E-state index contributed by atoms with van der Waals surface area (Å²) in [4.78, 5) is 39.9. The van der Waals surface area contributed by atoms with Crippen LogP contribution in [0.5, 0.6) is 0 Å². The summed E-state index contributed by atoms with van der Waals surface area (Å²) in [6.45, 7) is 3.81. The molecular weight excluding hydrogens is 354 g/mol. The van der Waals surface area contributed by atoms with Gasteiger partial charge in [0.2, 0.25) is 0 Å². The number of aromatic nitrogens is 2. The number of aromatic amines is 1. The van der Waals surface area contributed by atoms with Gasteiger partial charge >= 0.3 is 5.69 Å². The van der Waals surface area contributed by atoms with Crippen LogP contribution >= 0.6 is 11.6 Å². The summed E-state index contributed by atoms with van der Waals surface area (Å²) in [7, 11) is 0. The van der Waals surface area contributed by atoms with Crippen molar-refractivity contribution < 1.29 is 4.79 Å². The number of carbonyl (C=O) groups is 1. The van der Waals surface area contributed by atoms with E-state index in [4.69, 9.17) is 11.6 Å². The Hall–Kier alpha value is -3.12. The molecule has 1 aromatic heterocycles. The summed E-state index contributed by atoms with van der Waals surface area (Å²) >= 11 is 6.02. The van der Waals surface area contributed by atoms with Crippen molar-refractivity contribution in [2.24, 2.45) is 0 Å². The largest absolute Gasteiger partial charge is 0.333 e. The third-order valence-corrected chi connectivity index (χ3v) is 4.42. The van der Waals surface area contributed by atoms with Crippen LogP contribution in [-0.2, 0) is 0 Å². The van der Waals surface area contributed by atoms with Gasteiger partial charge in [0, 0.05) is 6.20 Å². The number of para-hydroxylation sites is 1. The van der Waals surface area contributed by atoms with Crippen molar-refractivity contribution in [2.75, 3.05) is 5.32 Å². The van der Waals surface area contributed by atoms with Crippen LogP contribution in [-0.4, -0.2) is 15.5 Å². The van der Waals surface area contributed by atoms with Gasteiger partial charge in [0.1, 0.15) is 5.56 Å². The Kier molecular flexibility index (Phi) is 4.77. The Morgan fingerprint density at radius 3 is 2.50 bits per heavy atom. The van der Waals surface area contributed by atoms with Gasteiger partial charge in [0.25, 0.3) is 11.5 Å². The molecule has 0 spiro atoms. The van der Waals surface area contributed by atoms with E-state index in [1.165, 1.54) is 0 Å². The number of amides is 1. The highest BCUT2D eigenvalue weighted by Gasteiger charge is 2.17. The maximum Gasteiger partial charge on any atom is 0.333 e. The van der Waals surface area contributed by atoms with Crippen molar-refractivity contribution in [3.63, 3.8) is 0 Å². The molecule has 6 nitrogen and oxygen atoms in total. The highest BCUT2D eigenvalue weighted by atomic mass is 35.5. The van der Waals surface area contributed by atoms with Crippen LogP contribution in [0.25, 0.3) is 5.69 Å². The van der Waals surface area contributed by atoms with E-state index >= 15 is 0 Å². The maximum atomic E-state index is 12.8. The van der Waals surface area contributed by atoms with E-state index in [0.29, 0.717) is 16.4 Å². The number of hydrogen-bond acceptors (Lipinski definition) is 3. The number of nitrogens with zero attached hydrogens (tertiary/aromatic N) is 1. The molecule has 0 fully saturated rings. The summed E-state index contributed by atoms with van der Waals surface area (Å²) in [5.74, 6) is -0.656. The molecule has 0 aliphatic carbocycles. The summed E-state index contributed by atoms with van der Waals surface area (Å²) in [6.07, 6.45) is 1.11. The van der Waals surface area contributed by atoms with E-state index in [1.807, 2.05) is 19.9 Å². The lowest BCUT2D eigenvalue weighted by atomic mass is 10.1. The number of benzene rings is 2. The molecule has 1 amide bonds. The van der Waals surface area contributed by atoms with Crippen LogP contribution in [0.2, 0.25) is 5.02 Å². The fraction of sp³-hybridized carbons (Fsp3) is 0.105. The summed E-state index contributed by atoms with van der Waals surface area (Å²) in [5.41, 5.74) is 1.22. The number of rotatable bonds is 3. The molecule has 0 atom stereocenters. The van der Waals surface area contributed by atoms with Gasteiger partial charge in [-0.1, -0.05) is 29.8 Å². The Morgan fingerprint density at radius 1 is 1.08 bits per heavy atom. The first-order valence-electron chi connectivity index (χ1n) is 7.86. The first-order valence-corrected chi connectivity index (χ1v) is 8.24. The SMILES string of the molecule is Cc1ccc(-n2c(=O)[nH]cc(C(=O)Nc3ccccc3Cl)c2=O)cc1C. The van der Waals surface area contributed by atoms with Crippen LogP contribution in [0, 0.1) is 13.8 Å². The van der Waals surface area contributed by atoms with Crippen molar-refractivity contribution in [1.82, 2.24) is 9.55 Å². The lowest BCUT2D eigenvalue weighted by Crippen LogP contribution is -2.38. The third kappa shape index (κ3) is 3.32. The number of carbonyl (C=O) groups excluding carboxylic acids is 1. The molecule has 0 saturated heterocycles. The molecule has 2 N–H and O–H groups in total. The highest BCUT2D eigenvalue weighted by molar-refractivity contribution is 6.33. The average molecular weight is 370 g/mol. The second kappa shape index (κ2) is 7.01. The second-order valence-electron chi connectivity index (χ2n) is 5.85. The van der Waals surface area contributed by atoms with E-state index in [0.717, 1.165) is 21.9 Å². The zero-order chi connectivity index (χ0) is 18.8. The van der Waals surface area contributed by atoms with Crippen molar-refractivity contribution in [1.29, 1.82) is 0 Å². The standard InChI is InChI=1S/C19H16ClN3O3/c1-11-7-8-13(9-12(11)2)23-18(25)14(10-21-19(23)26)17(24)22-16-6-4-3-5-15(16)20/h3-10H,1-2H3,(H,21,26)(H,22,24). The lowest BCUT2D eigenvalue weighted by Gasteiger charge is -2.10. The fourth-order valence-corrected chi connectivity index (χ4v) is 2.67. The highest BCUT2D eigenvalue weighted by Crippen LogP contribution is 2.20. The lowest BCUT2D eigenvalue weighted by molar-refractivity contribution is 0.102. The molecule has 7 heteroatoms. The van der Waals surface area contributed by atoms with Crippen molar-refractivity contribution in [3.05, 3.63) is 91.2 Å². The monoisotopic (exact) mass is 369 g/mol. The quantitative estimate of drug-likeness (QED) is 0.744. The van der Waals surface area contributed by atoms with Gasteiger partial charge in [-0.15, -0.1) is 0 Å². The molecule has 1 heterocycles. The topological polar surface area (TPSA) is 84.0 Å². The average Bonchev–Trinajstić information content (AvgIpc) is 2.60. The predicted molar refractivity (Wildman–Crippen MR) is 102 cm³/mol. The molecule has 0 radical (unpaired) electrons. The molecule has 0 saturated carbocycles. The summed E-state index contributed by atoms with van der Waals surface area (Å²) in [5, 5.41) is 2.93. The van der Waals surface area contributed by atoms with Gasteiger partial charge in [0.05, 0.1) is 16.4 Å². The van der Waals surface area contributed by atoms with Crippen molar-refractivity contribution >= 4 is 23.2 Å². The zero-order valence-corrected chi connectivity index (χ0v) is 14.9. The first kappa shape index (κ1) is 17.7. The van der Waals surface area contributed by atoms with Crippen LogP contribution in [0.4, 0.5) is 5.69 Å². The number of anilines is 1. The molecule has 0 aliphatic rings. The predicted octanol–water partition coefficient (Wildman–Crippen LogP) is 3.05. The molecule has 26 heavy (non-hydrogen) atoms. The van der Waals surface area contributed by atoms with Gasteiger partial charge in [0.15, 0.2) is 0 Å². The van der Waals surface area contributed by atoms with E-state index < -0.39 is 17.2 Å². The van der Waals surface area contributed by atoms with E-state index in [1.54, 1.807) is 36.4 Å². The van der Waals surface area contributed by atoms with Gasteiger partial charge in [-0.3, -0.25) is 9.59 Å². The van der Waals surface area contributed by atoms with Crippen LogP contribution in [0.3, 0.4) is 0 Å². The smallest absolute Gasteiger partial charge is 0.320 e. The molecule has 132 valence electrons. The van der Waals surface area contributed by atoms with E-state index in [9.17, 15) is 14.4 Å². The number of H-pyrrole nitrogens is 1. The maximum absolute atomic E-state index is 12.8. The number of halogens is 1. The molecular formula is C19H16ClN3O3. The molecule has 0 bridgehead atoms. The molecule has 3 rings (SSSR count). The third-order valence-electron chi connectivity index (χ3n) is 4.09. The number of hydrogen-bond donors (Lipinski definition) is 2. The minimum atomic E-state index is -0.707. The van der Waals surface area contributed by atoms with Crippen molar-refractivity contribution in [2.45, 2.75) is 13.8 Å². The normalized spacial score (nSPS) is 10.6. The molecule has 3 aromatic rings. The number of aryl methyl sites for hydroxylation is 2. The van der Waals surface area contributed by atoms with Crippen LogP contribution in [0.1, 0.15) is 21.5 Å². The van der Waals surface area contributed by atoms with Crippen molar-refractivity contribution in [3.8, 4) is 5.69 Å². The molecule has 0 aliphatic heterocycles. The van der Waals surface area contributed by atoms with Crippen LogP contribution in [0.15, 0.2) is 58.3 Å². The molecule has 0 unspecified atom stereocenters. The van der Waals surface area contributed by atoms with E-state index in [2.05, 4.69) is 10.3 Å². The minimum Gasteiger partial charge on any atom is -0.320 e. The zero-order valence-electron chi connectivity index (χ0n) is 14.2. The van der Waals surface area contributed by atoms with E-state index in [-0.39, 0.29) is 5.56 Å². The van der Waals surface area contributed by atoms with Gasteiger partial charge < -0.3 is 10.3 Å². The van der Waals surface area contributed by atoms with Crippen LogP contribution < -0.4 is 16.6 Å². The first-order chi connectivity index (χ1) is 12.4. The Labute approximate surface area is 154 Å². The minimum absolute atomic E-state index is 0.192. The Balaban J connectivity index is 2.06. The molecule has 2 aromatic carbocycles. The summed E-state index contributed by atoms with van der Waals surface area (Å²) in [6, 6.07) is 11.9. The van der Waals surface area contributed by atoms with Gasteiger partial charge in [-0.05, 0) is 49.2 Å². The Bertz CT molecular complexity index is 1120. The Morgan fingerprint density at radius 2 is 1.81 bits per heavy atom. The second-order valence-corrected chi connectivity index (χ2v) is 6.26. The fourth-order valence-electron chi connectivity index (χ4n) is 2.49. The van der Waals surface area contributed by atoms with Gasteiger partial charge in [-0.25, -0.2) is 9.36 Å². The summed E-state index contributed by atoms with van der Waals surface area (Å²) < 4.78 is 0.938.